The number of carbonyl (C=O) groups is 1. The first-order chi connectivity index (χ1) is 8.79. The van der Waals surface area contributed by atoms with E-state index in [1.165, 1.54) is 11.4 Å². The highest BCUT2D eigenvalue weighted by atomic mass is 32.9. The summed E-state index contributed by atoms with van der Waals surface area (Å²) in [5.74, 6) is 0.273. The van der Waals surface area contributed by atoms with Crippen molar-refractivity contribution in [2.45, 2.75) is 46.3 Å². The van der Waals surface area contributed by atoms with Crippen molar-refractivity contribution in [3.8, 4) is 0 Å². The molecule has 4 nitrogen and oxygen atoms in total. The van der Waals surface area contributed by atoms with Crippen molar-refractivity contribution in [2.24, 2.45) is 0 Å². The molecule has 0 aliphatic heterocycles. The predicted octanol–water partition coefficient (Wildman–Crippen LogP) is 3.91. The Morgan fingerprint density at radius 2 is 1.84 bits per heavy atom. The van der Waals surface area contributed by atoms with Crippen molar-refractivity contribution in [2.75, 3.05) is 12.4 Å². The van der Waals surface area contributed by atoms with Gasteiger partial charge in [-0.05, 0) is 39.5 Å². The van der Waals surface area contributed by atoms with Crippen molar-refractivity contribution in [1.82, 2.24) is 0 Å². The minimum absolute atomic E-state index is 0.00445. The van der Waals surface area contributed by atoms with Crippen LogP contribution in [0.5, 0.6) is 0 Å². The maximum atomic E-state index is 11.3. The second kappa shape index (κ2) is 9.94. The molecule has 0 rings (SSSR count). The van der Waals surface area contributed by atoms with E-state index in [2.05, 4.69) is 6.58 Å². The summed E-state index contributed by atoms with van der Waals surface area (Å²) in [6.45, 7) is 11.4. The number of hydrogen-bond donors (Lipinski definition) is 0. The highest BCUT2D eigenvalue weighted by molar-refractivity contribution is 8.67. The zero-order valence-corrected chi connectivity index (χ0v) is 14.5. The normalized spacial score (nSPS) is 11.9. The van der Waals surface area contributed by atoms with Gasteiger partial charge in [0.05, 0.1) is 18.6 Å². The summed E-state index contributed by atoms with van der Waals surface area (Å²) in [6, 6.07) is 0. The first-order valence-corrected chi connectivity index (χ1v) is 10.4. The first kappa shape index (κ1) is 19.1. The van der Waals surface area contributed by atoms with Crippen LogP contribution in [-0.4, -0.2) is 30.5 Å². The molecule has 0 unspecified atom stereocenters. The lowest BCUT2D eigenvalue weighted by Gasteiger charge is -2.25. The Balaban J connectivity index is 4.23. The molecular weight excluding hydrogens is 303 g/mol. The molecule has 0 saturated carbocycles. The van der Waals surface area contributed by atoms with Gasteiger partial charge in [0, 0.05) is 5.75 Å². The molecule has 0 fully saturated rings. The van der Waals surface area contributed by atoms with Gasteiger partial charge in [0.2, 0.25) is 5.69 Å². The predicted molar refractivity (Wildman–Crippen MR) is 85.0 cm³/mol. The van der Waals surface area contributed by atoms with Gasteiger partial charge in [-0.15, -0.1) is 0 Å². The van der Waals surface area contributed by atoms with Gasteiger partial charge in [0.15, 0.2) is 0 Å². The third-order valence-corrected chi connectivity index (χ3v) is 7.14. The zero-order chi connectivity index (χ0) is 14.9. The lowest BCUT2D eigenvalue weighted by molar-refractivity contribution is -0.141. The van der Waals surface area contributed by atoms with E-state index in [1.54, 1.807) is 6.08 Å². The molecule has 0 N–H and O–H groups in total. The Bertz CT molecular complexity index is 318. The molecule has 0 atom stereocenters. The van der Waals surface area contributed by atoms with E-state index >= 15 is 0 Å². The second-order valence-electron chi connectivity index (χ2n) is 4.31. The molecule has 0 aromatic heterocycles. The van der Waals surface area contributed by atoms with Gasteiger partial charge in [0.25, 0.3) is 0 Å². The zero-order valence-electron chi connectivity index (χ0n) is 12.0. The molecule has 0 amide bonds. The maximum absolute atomic E-state index is 11.3. The summed E-state index contributed by atoms with van der Waals surface area (Å²) < 4.78 is 16.3. The molecule has 0 aromatic rings. The fraction of sp³-hybridized carbons (Fsp3) is 0.750. The number of esters is 1. The Labute approximate surface area is 125 Å². The molecule has 0 aromatic carbocycles. The van der Waals surface area contributed by atoms with Crippen molar-refractivity contribution < 1.29 is 18.6 Å². The third-order valence-electron chi connectivity index (χ3n) is 1.60. The van der Waals surface area contributed by atoms with Gasteiger partial charge in [-0.25, -0.2) is 0 Å². The van der Waals surface area contributed by atoms with Gasteiger partial charge in [-0.1, -0.05) is 24.0 Å². The van der Waals surface area contributed by atoms with Gasteiger partial charge in [-0.2, -0.15) is 0 Å². The molecule has 0 bridgehead atoms. The molecular formula is C12H23O4PS2. The van der Waals surface area contributed by atoms with Crippen molar-refractivity contribution >= 4 is 34.9 Å². The average Bonchev–Trinajstić information content (AvgIpc) is 2.23. The van der Waals surface area contributed by atoms with Crippen LogP contribution >= 0.6 is 17.1 Å². The second-order valence-corrected chi connectivity index (χ2v) is 10.6. The summed E-state index contributed by atoms with van der Waals surface area (Å²) >= 11 is 6.85. The molecule has 112 valence electrons. The highest BCUT2D eigenvalue weighted by Crippen LogP contribution is 2.62. The van der Waals surface area contributed by atoms with E-state index in [4.69, 9.17) is 25.6 Å². The van der Waals surface area contributed by atoms with E-state index in [0.29, 0.717) is 12.2 Å². The molecule has 0 saturated heterocycles. The molecule has 0 heterocycles. The van der Waals surface area contributed by atoms with Crippen molar-refractivity contribution in [1.29, 1.82) is 0 Å². The van der Waals surface area contributed by atoms with Crippen molar-refractivity contribution in [3.63, 3.8) is 0 Å². The van der Waals surface area contributed by atoms with Crippen LogP contribution in [0.4, 0.5) is 0 Å². The van der Waals surface area contributed by atoms with Crippen LogP contribution in [0, 0.1) is 0 Å². The van der Waals surface area contributed by atoms with Crippen LogP contribution in [0.3, 0.4) is 0 Å². The fourth-order valence-corrected chi connectivity index (χ4v) is 6.80. The lowest BCUT2D eigenvalue weighted by atomic mass is 10.5. The van der Waals surface area contributed by atoms with Crippen LogP contribution in [-0.2, 0) is 30.4 Å². The summed E-state index contributed by atoms with van der Waals surface area (Å²) in [6.07, 6.45) is 1.84. The van der Waals surface area contributed by atoms with E-state index in [9.17, 15) is 4.79 Å². The molecule has 0 aliphatic rings. The van der Waals surface area contributed by atoms with Crippen LogP contribution in [0.25, 0.3) is 0 Å². The molecule has 19 heavy (non-hydrogen) atoms. The van der Waals surface area contributed by atoms with Crippen LogP contribution in [0.2, 0.25) is 0 Å². The quantitative estimate of drug-likeness (QED) is 0.344. The van der Waals surface area contributed by atoms with Gasteiger partial charge in [-0.3, -0.25) is 4.79 Å². The number of hydrogen-bond acceptors (Lipinski definition) is 6. The monoisotopic (exact) mass is 326 g/mol. The SMILES string of the molecule is C=CCOC(=O)CCSP(=S)(OC(C)C)OC(C)C. The standard InChI is InChI=1S/C12H23O4PS2/c1-6-8-14-12(13)7-9-19-17(18,15-10(2)3)16-11(4)5/h6,10-11H,1,7-9H2,2-5H3. The fourth-order valence-electron chi connectivity index (χ4n) is 1.07. The summed E-state index contributed by atoms with van der Waals surface area (Å²) in [5.41, 5.74) is -2.39. The van der Waals surface area contributed by atoms with E-state index in [1.807, 2.05) is 27.7 Å². The maximum Gasteiger partial charge on any atom is 0.306 e. The Morgan fingerprint density at radius 3 is 2.26 bits per heavy atom. The molecule has 7 heteroatoms. The number of carbonyl (C=O) groups excluding carboxylic acids is 1. The Morgan fingerprint density at radius 1 is 1.32 bits per heavy atom. The van der Waals surface area contributed by atoms with Crippen LogP contribution in [0.1, 0.15) is 34.1 Å². The summed E-state index contributed by atoms with van der Waals surface area (Å²) in [4.78, 5) is 11.3. The Hall–Kier alpha value is 0.130. The van der Waals surface area contributed by atoms with E-state index in [-0.39, 0.29) is 24.8 Å². The lowest BCUT2D eigenvalue weighted by Crippen LogP contribution is -2.08. The minimum Gasteiger partial charge on any atom is -0.461 e. The largest absolute Gasteiger partial charge is 0.461 e. The van der Waals surface area contributed by atoms with Crippen LogP contribution in [0.15, 0.2) is 12.7 Å². The van der Waals surface area contributed by atoms with Gasteiger partial charge < -0.3 is 13.8 Å². The minimum atomic E-state index is -2.39. The molecule has 0 aliphatic carbocycles. The van der Waals surface area contributed by atoms with Gasteiger partial charge in [0.1, 0.15) is 6.61 Å². The molecule has 0 spiro atoms. The number of rotatable bonds is 10. The third kappa shape index (κ3) is 10.6. The first-order valence-electron chi connectivity index (χ1n) is 6.17. The van der Waals surface area contributed by atoms with Gasteiger partial charge >= 0.3 is 5.97 Å². The molecule has 0 radical (unpaired) electrons. The number of ether oxygens (including phenoxy) is 1. The van der Waals surface area contributed by atoms with E-state index < -0.39 is 5.69 Å². The van der Waals surface area contributed by atoms with E-state index in [0.717, 1.165) is 0 Å². The Kier molecular flexibility index (Phi) is 10.0. The van der Waals surface area contributed by atoms with Crippen LogP contribution < -0.4 is 0 Å². The summed E-state index contributed by atoms with van der Waals surface area (Å²) in [5, 5.41) is 0. The topological polar surface area (TPSA) is 44.8 Å². The highest BCUT2D eigenvalue weighted by Gasteiger charge is 2.23. The summed E-state index contributed by atoms with van der Waals surface area (Å²) in [7, 11) is 0. The van der Waals surface area contributed by atoms with Crippen molar-refractivity contribution in [3.05, 3.63) is 12.7 Å². The smallest absolute Gasteiger partial charge is 0.306 e. The average molecular weight is 326 g/mol.